The molecule has 1 unspecified atom stereocenters. The van der Waals surface area contributed by atoms with Crippen LogP contribution >= 0.6 is 11.6 Å². The van der Waals surface area contributed by atoms with Gasteiger partial charge >= 0.3 is 5.97 Å². The molecule has 1 aliphatic rings. The van der Waals surface area contributed by atoms with Crippen molar-refractivity contribution >= 4 is 27.6 Å². The van der Waals surface area contributed by atoms with Crippen molar-refractivity contribution in [3.05, 3.63) is 23.5 Å². The van der Waals surface area contributed by atoms with Crippen molar-refractivity contribution in [3.8, 4) is 0 Å². The molecule has 0 bridgehead atoms. The zero-order chi connectivity index (χ0) is 15.5. The maximum atomic E-state index is 12.7. The van der Waals surface area contributed by atoms with E-state index in [0.717, 1.165) is 12.8 Å². The second-order valence-corrected chi connectivity index (χ2v) is 7.12. The summed E-state index contributed by atoms with van der Waals surface area (Å²) in [5.41, 5.74) is 0. The Balaban J connectivity index is 2.32. The number of carbonyl (C=O) groups is 1. The fraction of sp³-hybridized carbons (Fsp3) is 0.538. The Morgan fingerprint density at radius 3 is 2.95 bits per heavy atom. The Bertz CT molecular complexity index is 620. The van der Waals surface area contributed by atoms with Crippen LogP contribution in [0.3, 0.4) is 0 Å². The minimum atomic E-state index is -3.76. The van der Waals surface area contributed by atoms with E-state index in [9.17, 15) is 13.2 Å². The largest absolute Gasteiger partial charge is 0.469 e. The van der Waals surface area contributed by atoms with Gasteiger partial charge in [-0.25, -0.2) is 8.42 Å². The van der Waals surface area contributed by atoms with E-state index < -0.39 is 22.0 Å². The summed E-state index contributed by atoms with van der Waals surface area (Å²) in [5.74, 6) is -0.417. The van der Waals surface area contributed by atoms with Crippen molar-refractivity contribution in [2.75, 3.05) is 13.7 Å². The van der Waals surface area contributed by atoms with Crippen molar-refractivity contribution < 1.29 is 17.9 Å². The third-order valence-electron chi connectivity index (χ3n) is 3.52. The molecule has 1 atom stereocenters. The molecule has 116 valence electrons. The Morgan fingerprint density at radius 1 is 1.52 bits per heavy atom. The molecule has 21 heavy (non-hydrogen) atoms. The molecule has 8 heteroatoms. The zero-order valence-corrected chi connectivity index (χ0v) is 13.2. The highest BCUT2D eigenvalue weighted by Crippen LogP contribution is 2.30. The first-order valence-electron chi connectivity index (χ1n) is 6.65. The third kappa shape index (κ3) is 3.53. The van der Waals surface area contributed by atoms with Crippen LogP contribution < -0.4 is 0 Å². The van der Waals surface area contributed by atoms with E-state index >= 15 is 0 Å². The van der Waals surface area contributed by atoms with E-state index in [4.69, 9.17) is 11.6 Å². The first kappa shape index (κ1) is 16.2. The Morgan fingerprint density at radius 2 is 2.29 bits per heavy atom. The summed E-state index contributed by atoms with van der Waals surface area (Å²) in [5, 5.41) is 0.132. The summed E-state index contributed by atoms with van der Waals surface area (Å²) in [6.07, 6.45) is 4.99. The maximum Gasteiger partial charge on any atom is 0.307 e. The SMILES string of the molecule is COC(=O)CC1CCCCN1S(=O)(=O)c1cnccc1Cl. The fourth-order valence-corrected chi connectivity index (χ4v) is 4.55. The minimum Gasteiger partial charge on any atom is -0.469 e. The van der Waals surface area contributed by atoms with Crippen LogP contribution in [0.4, 0.5) is 0 Å². The van der Waals surface area contributed by atoms with Gasteiger partial charge in [-0.1, -0.05) is 18.0 Å². The van der Waals surface area contributed by atoms with Crippen LogP contribution in [0.25, 0.3) is 0 Å². The molecular weight excluding hydrogens is 316 g/mol. The van der Waals surface area contributed by atoms with Gasteiger partial charge in [0, 0.05) is 25.0 Å². The van der Waals surface area contributed by atoms with Gasteiger partial charge in [-0.3, -0.25) is 9.78 Å². The van der Waals surface area contributed by atoms with Crippen molar-refractivity contribution in [1.82, 2.24) is 9.29 Å². The predicted molar refractivity (Wildman–Crippen MR) is 77.4 cm³/mol. The number of aromatic nitrogens is 1. The van der Waals surface area contributed by atoms with Crippen LogP contribution in [0.15, 0.2) is 23.4 Å². The molecule has 2 rings (SSSR count). The molecule has 0 aromatic carbocycles. The second-order valence-electron chi connectivity index (χ2n) is 4.85. The lowest BCUT2D eigenvalue weighted by Crippen LogP contribution is -2.44. The third-order valence-corrected chi connectivity index (χ3v) is 5.94. The highest BCUT2D eigenvalue weighted by molar-refractivity contribution is 7.89. The second kappa shape index (κ2) is 6.72. The highest BCUT2D eigenvalue weighted by atomic mass is 35.5. The fourth-order valence-electron chi connectivity index (χ4n) is 2.45. The summed E-state index contributed by atoms with van der Waals surface area (Å²) in [7, 11) is -2.47. The Labute approximate surface area is 129 Å². The van der Waals surface area contributed by atoms with Gasteiger partial charge in [0.05, 0.1) is 18.6 Å². The maximum absolute atomic E-state index is 12.7. The van der Waals surface area contributed by atoms with Gasteiger partial charge in [-0.2, -0.15) is 4.31 Å². The van der Waals surface area contributed by atoms with Crippen LogP contribution in [0.2, 0.25) is 5.02 Å². The molecule has 0 spiro atoms. The Kier molecular flexibility index (Phi) is 5.18. The van der Waals surface area contributed by atoms with Gasteiger partial charge < -0.3 is 4.74 Å². The highest BCUT2D eigenvalue weighted by Gasteiger charge is 2.36. The Hall–Kier alpha value is -1.18. The lowest BCUT2D eigenvalue weighted by atomic mass is 10.0. The molecule has 0 radical (unpaired) electrons. The topological polar surface area (TPSA) is 76.6 Å². The summed E-state index contributed by atoms with van der Waals surface area (Å²) in [6, 6.07) is 1.04. The summed E-state index contributed by atoms with van der Waals surface area (Å²) >= 11 is 5.97. The number of esters is 1. The molecule has 0 saturated carbocycles. The van der Waals surface area contributed by atoms with Crippen LogP contribution in [0.1, 0.15) is 25.7 Å². The number of methoxy groups -OCH3 is 1. The van der Waals surface area contributed by atoms with E-state index in [0.29, 0.717) is 13.0 Å². The quantitative estimate of drug-likeness (QED) is 0.786. The van der Waals surface area contributed by atoms with Gasteiger partial charge in [0.15, 0.2) is 0 Å². The van der Waals surface area contributed by atoms with Crippen LogP contribution in [0.5, 0.6) is 0 Å². The number of rotatable bonds is 4. The normalized spacial score (nSPS) is 20.2. The number of pyridine rings is 1. The van der Waals surface area contributed by atoms with E-state index in [1.807, 2.05) is 0 Å². The first-order chi connectivity index (χ1) is 9.96. The van der Waals surface area contributed by atoms with E-state index in [1.54, 1.807) is 0 Å². The van der Waals surface area contributed by atoms with Crippen molar-refractivity contribution in [2.45, 2.75) is 36.6 Å². The van der Waals surface area contributed by atoms with Crippen LogP contribution in [-0.2, 0) is 19.6 Å². The number of piperidine rings is 1. The number of hydrogen-bond donors (Lipinski definition) is 0. The summed E-state index contributed by atoms with van der Waals surface area (Å²) < 4.78 is 31.5. The molecule has 0 N–H and O–H groups in total. The minimum absolute atomic E-state index is 0.0246. The average molecular weight is 333 g/mol. The molecule has 1 fully saturated rings. The molecule has 1 saturated heterocycles. The molecule has 6 nitrogen and oxygen atoms in total. The monoisotopic (exact) mass is 332 g/mol. The zero-order valence-electron chi connectivity index (χ0n) is 11.7. The van der Waals surface area contributed by atoms with Gasteiger partial charge in [0.2, 0.25) is 10.0 Å². The molecule has 0 amide bonds. The number of nitrogens with zero attached hydrogens (tertiary/aromatic N) is 2. The predicted octanol–water partition coefficient (Wildman–Crippen LogP) is 1.84. The van der Waals surface area contributed by atoms with Gasteiger partial charge in [-0.05, 0) is 18.9 Å². The molecule has 1 aromatic heterocycles. The van der Waals surface area contributed by atoms with E-state index in [2.05, 4.69) is 9.72 Å². The summed E-state index contributed by atoms with van der Waals surface area (Å²) in [4.78, 5) is 15.3. The van der Waals surface area contributed by atoms with Gasteiger partial charge in [0.1, 0.15) is 4.90 Å². The average Bonchev–Trinajstić information content (AvgIpc) is 2.47. The van der Waals surface area contributed by atoms with Crippen LogP contribution in [-0.4, -0.2) is 43.4 Å². The number of hydrogen-bond acceptors (Lipinski definition) is 5. The van der Waals surface area contributed by atoms with E-state index in [1.165, 1.54) is 29.9 Å². The number of ether oxygens (including phenoxy) is 1. The van der Waals surface area contributed by atoms with Crippen molar-refractivity contribution in [2.24, 2.45) is 0 Å². The first-order valence-corrected chi connectivity index (χ1v) is 8.47. The molecule has 1 aliphatic heterocycles. The van der Waals surface area contributed by atoms with Gasteiger partial charge in [0.25, 0.3) is 0 Å². The molecule has 1 aromatic rings. The molecule has 0 aliphatic carbocycles. The molecular formula is C13H17ClN2O4S. The number of carbonyl (C=O) groups excluding carboxylic acids is 1. The number of halogens is 1. The standard InChI is InChI=1S/C13H17ClN2O4S/c1-20-13(17)8-10-4-2-3-7-16(10)21(18,19)12-9-15-6-5-11(12)14/h5-6,9-10H,2-4,7-8H2,1H3. The van der Waals surface area contributed by atoms with Crippen molar-refractivity contribution in [3.63, 3.8) is 0 Å². The molecule has 2 heterocycles. The lowest BCUT2D eigenvalue weighted by molar-refractivity contribution is -0.141. The van der Waals surface area contributed by atoms with Crippen LogP contribution in [0, 0.1) is 0 Å². The smallest absolute Gasteiger partial charge is 0.307 e. The van der Waals surface area contributed by atoms with Gasteiger partial charge in [-0.15, -0.1) is 0 Å². The summed E-state index contributed by atoms with van der Waals surface area (Å²) in [6.45, 7) is 0.370. The van der Waals surface area contributed by atoms with E-state index in [-0.39, 0.29) is 16.3 Å². The lowest BCUT2D eigenvalue weighted by Gasteiger charge is -2.34. The van der Waals surface area contributed by atoms with Crippen molar-refractivity contribution in [1.29, 1.82) is 0 Å². The number of sulfonamides is 1.